The maximum Gasteiger partial charge on any atom is 0.345 e. The van der Waals surface area contributed by atoms with Gasteiger partial charge in [0.15, 0.2) is 0 Å². The van der Waals surface area contributed by atoms with Crippen LogP contribution in [0.5, 0.6) is 5.75 Å². The topological polar surface area (TPSA) is 67.4 Å². The Morgan fingerprint density at radius 3 is 2.25 bits per heavy atom. The number of carbonyl (C=O) groups excluding carboxylic acids is 2. The lowest BCUT2D eigenvalue weighted by molar-refractivity contribution is -0.114. The van der Waals surface area contributed by atoms with Crippen LogP contribution in [0.2, 0.25) is 0 Å². The van der Waals surface area contributed by atoms with Crippen LogP contribution in [0.3, 0.4) is 0 Å². The molecule has 0 bridgehead atoms. The van der Waals surface area contributed by atoms with Crippen molar-refractivity contribution in [3.63, 3.8) is 0 Å². The largest absolute Gasteiger partial charge is 0.423 e. The van der Waals surface area contributed by atoms with Gasteiger partial charge in [0, 0.05) is 24.8 Å². The van der Waals surface area contributed by atoms with Gasteiger partial charge in [-0.1, -0.05) is 42.5 Å². The highest BCUT2D eigenvalue weighted by atomic mass is 16.5. The van der Waals surface area contributed by atoms with Gasteiger partial charge in [0.25, 0.3) is 0 Å². The summed E-state index contributed by atoms with van der Waals surface area (Å²) in [4.78, 5) is 23.7. The van der Waals surface area contributed by atoms with Crippen LogP contribution in [0, 0.1) is 0 Å². The first-order valence-electron chi connectivity index (χ1n) is 9.08. The summed E-state index contributed by atoms with van der Waals surface area (Å²) in [6.45, 7) is 2.15. The molecule has 0 radical (unpaired) electrons. The minimum atomic E-state index is -0.435. The molecule has 5 heteroatoms. The molecule has 0 aliphatic heterocycles. The van der Waals surface area contributed by atoms with Crippen LogP contribution in [-0.2, 0) is 11.2 Å². The zero-order chi connectivity index (χ0) is 19.8. The fourth-order valence-corrected chi connectivity index (χ4v) is 2.77. The summed E-state index contributed by atoms with van der Waals surface area (Å²) in [5, 5.41) is 5.98. The summed E-state index contributed by atoms with van der Waals surface area (Å²) in [6, 6.07) is 24.1. The van der Waals surface area contributed by atoms with Crippen molar-refractivity contribution < 1.29 is 14.3 Å². The van der Waals surface area contributed by atoms with Gasteiger partial charge < -0.3 is 15.4 Å². The second-order valence-corrected chi connectivity index (χ2v) is 6.30. The smallest absolute Gasteiger partial charge is 0.345 e. The number of esters is 1. The Morgan fingerprint density at radius 1 is 0.857 bits per heavy atom. The SMILES string of the molecule is CC(=O)Nc1ccc(OC(=O)c2ccccc2NCCc2ccccc2)cc1. The molecule has 0 unspecified atom stereocenters. The number of hydrogen-bond acceptors (Lipinski definition) is 4. The molecule has 0 aromatic heterocycles. The van der Waals surface area contributed by atoms with Gasteiger partial charge in [-0.2, -0.15) is 0 Å². The van der Waals surface area contributed by atoms with Gasteiger partial charge in [0.1, 0.15) is 5.75 Å². The van der Waals surface area contributed by atoms with Gasteiger partial charge in [0.2, 0.25) is 5.91 Å². The molecule has 0 heterocycles. The van der Waals surface area contributed by atoms with E-state index in [4.69, 9.17) is 4.74 Å². The number of amides is 1. The highest BCUT2D eigenvalue weighted by Gasteiger charge is 2.13. The third kappa shape index (κ3) is 5.45. The Bertz CT molecular complexity index is 938. The van der Waals surface area contributed by atoms with Crippen molar-refractivity contribution in [1.82, 2.24) is 0 Å². The molecule has 28 heavy (non-hydrogen) atoms. The van der Waals surface area contributed by atoms with Crippen LogP contribution in [0.15, 0.2) is 78.9 Å². The molecule has 0 saturated carbocycles. The average molecular weight is 374 g/mol. The molecule has 3 aromatic rings. The zero-order valence-corrected chi connectivity index (χ0v) is 15.6. The predicted molar refractivity (Wildman–Crippen MR) is 111 cm³/mol. The fraction of sp³-hybridized carbons (Fsp3) is 0.130. The second kappa shape index (κ2) is 9.37. The molecule has 0 saturated heterocycles. The van der Waals surface area contributed by atoms with Crippen molar-refractivity contribution in [2.45, 2.75) is 13.3 Å². The molecular formula is C23H22N2O3. The van der Waals surface area contributed by atoms with Crippen molar-refractivity contribution in [3.05, 3.63) is 90.0 Å². The van der Waals surface area contributed by atoms with Gasteiger partial charge in [-0.15, -0.1) is 0 Å². The third-order valence-corrected chi connectivity index (χ3v) is 4.10. The summed E-state index contributed by atoms with van der Waals surface area (Å²) < 4.78 is 5.47. The van der Waals surface area contributed by atoms with Crippen LogP contribution >= 0.6 is 0 Å². The Kier molecular flexibility index (Phi) is 6.41. The molecular weight excluding hydrogens is 352 g/mol. The van der Waals surface area contributed by atoms with Crippen molar-refractivity contribution in [2.75, 3.05) is 17.2 Å². The molecule has 0 aliphatic carbocycles. The van der Waals surface area contributed by atoms with Crippen molar-refractivity contribution in [2.24, 2.45) is 0 Å². The monoisotopic (exact) mass is 374 g/mol. The first-order valence-corrected chi connectivity index (χ1v) is 9.08. The number of hydrogen-bond donors (Lipinski definition) is 2. The van der Waals surface area contributed by atoms with Crippen LogP contribution in [0.25, 0.3) is 0 Å². The van der Waals surface area contributed by atoms with E-state index in [9.17, 15) is 9.59 Å². The minimum Gasteiger partial charge on any atom is -0.423 e. The average Bonchev–Trinajstić information content (AvgIpc) is 2.70. The Hall–Kier alpha value is -3.60. The number of nitrogens with one attached hydrogen (secondary N) is 2. The molecule has 3 rings (SSSR count). The molecule has 0 atom stereocenters. The molecule has 0 spiro atoms. The molecule has 5 nitrogen and oxygen atoms in total. The molecule has 2 N–H and O–H groups in total. The highest BCUT2D eigenvalue weighted by molar-refractivity contribution is 5.97. The van der Waals surface area contributed by atoms with Crippen LogP contribution in [0.1, 0.15) is 22.8 Å². The summed E-state index contributed by atoms with van der Waals surface area (Å²) in [5.74, 6) is -0.173. The predicted octanol–water partition coefficient (Wildman–Crippen LogP) is 4.52. The van der Waals surface area contributed by atoms with Gasteiger partial charge in [-0.3, -0.25) is 4.79 Å². The normalized spacial score (nSPS) is 10.2. The Balaban J connectivity index is 1.62. The summed E-state index contributed by atoms with van der Waals surface area (Å²) in [5.41, 5.74) is 3.09. The Morgan fingerprint density at radius 2 is 1.54 bits per heavy atom. The number of anilines is 2. The number of carbonyl (C=O) groups is 2. The maximum absolute atomic E-state index is 12.6. The quantitative estimate of drug-likeness (QED) is 0.471. The second-order valence-electron chi connectivity index (χ2n) is 6.30. The maximum atomic E-state index is 12.6. The van der Waals surface area contributed by atoms with E-state index in [1.54, 1.807) is 36.4 Å². The van der Waals surface area contributed by atoms with Crippen molar-refractivity contribution >= 4 is 23.3 Å². The number of rotatable bonds is 7. The van der Waals surface area contributed by atoms with E-state index in [-0.39, 0.29) is 5.91 Å². The van der Waals surface area contributed by atoms with Crippen LogP contribution in [-0.4, -0.2) is 18.4 Å². The Labute approximate surface area is 164 Å². The molecule has 0 fully saturated rings. The van der Waals surface area contributed by atoms with Gasteiger partial charge in [-0.05, 0) is 48.4 Å². The van der Waals surface area contributed by atoms with E-state index in [1.165, 1.54) is 12.5 Å². The number of benzene rings is 3. The summed E-state index contributed by atoms with van der Waals surface area (Å²) in [7, 11) is 0. The van der Waals surface area contributed by atoms with Crippen molar-refractivity contribution in [3.8, 4) is 5.75 Å². The fourth-order valence-electron chi connectivity index (χ4n) is 2.77. The van der Waals surface area contributed by atoms with E-state index in [0.717, 1.165) is 12.1 Å². The lowest BCUT2D eigenvalue weighted by Crippen LogP contribution is -2.14. The van der Waals surface area contributed by atoms with Gasteiger partial charge in [0.05, 0.1) is 5.56 Å². The lowest BCUT2D eigenvalue weighted by atomic mass is 10.1. The van der Waals surface area contributed by atoms with Gasteiger partial charge >= 0.3 is 5.97 Å². The molecule has 1 amide bonds. The first-order chi connectivity index (χ1) is 13.6. The standard InChI is InChI=1S/C23H22N2O3/c1-17(26)25-19-11-13-20(14-12-19)28-23(27)21-9-5-6-10-22(21)24-16-15-18-7-3-2-4-8-18/h2-14,24H,15-16H2,1H3,(H,25,26). The number of para-hydroxylation sites is 1. The molecule has 142 valence electrons. The van der Waals surface area contributed by atoms with E-state index in [0.29, 0.717) is 23.5 Å². The van der Waals surface area contributed by atoms with E-state index >= 15 is 0 Å². The molecule has 3 aromatic carbocycles. The lowest BCUT2D eigenvalue weighted by Gasteiger charge is -2.12. The zero-order valence-electron chi connectivity index (χ0n) is 15.6. The van der Waals surface area contributed by atoms with E-state index < -0.39 is 5.97 Å². The third-order valence-electron chi connectivity index (χ3n) is 4.10. The van der Waals surface area contributed by atoms with Crippen LogP contribution in [0.4, 0.5) is 11.4 Å². The number of ether oxygens (including phenoxy) is 1. The summed E-state index contributed by atoms with van der Waals surface area (Å²) >= 11 is 0. The van der Waals surface area contributed by atoms with Gasteiger partial charge in [-0.25, -0.2) is 4.79 Å². The first kappa shape index (κ1) is 19.2. The van der Waals surface area contributed by atoms with E-state index in [1.807, 2.05) is 30.3 Å². The summed E-state index contributed by atoms with van der Waals surface area (Å²) in [6.07, 6.45) is 0.856. The minimum absolute atomic E-state index is 0.153. The van der Waals surface area contributed by atoms with E-state index in [2.05, 4.69) is 22.8 Å². The van der Waals surface area contributed by atoms with Crippen molar-refractivity contribution in [1.29, 1.82) is 0 Å². The highest BCUT2D eigenvalue weighted by Crippen LogP contribution is 2.20. The van der Waals surface area contributed by atoms with Crippen LogP contribution < -0.4 is 15.4 Å². The molecule has 0 aliphatic rings.